The number of furan rings is 1. The van der Waals surface area contributed by atoms with E-state index >= 15 is 0 Å². The van der Waals surface area contributed by atoms with Crippen molar-refractivity contribution in [2.45, 2.75) is 13.5 Å². The summed E-state index contributed by atoms with van der Waals surface area (Å²) in [6.07, 6.45) is 5.35. The number of nitriles is 1. The lowest BCUT2D eigenvalue weighted by atomic mass is 10.4. The summed E-state index contributed by atoms with van der Waals surface area (Å²) in [5.41, 5.74) is 0. The fraction of sp³-hybridized carbons (Fsp3) is 0.400. The zero-order valence-electron chi connectivity index (χ0n) is 8.80. The van der Waals surface area contributed by atoms with Crippen molar-refractivity contribution in [1.82, 2.24) is 4.90 Å². The van der Waals surface area contributed by atoms with Gasteiger partial charge in [-0.2, -0.15) is 5.26 Å². The summed E-state index contributed by atoms with van der Waals surface area (Å²) >= 11 is 1.46. The van der Waals surface area contributed by atoms with E-state index in [0.717, 1.165) is 17.5 Å². The maximum atomic E-state index is 8.54. The Hall–Kier alpha value is -1.41. The molecule has 0 fully saturated rings. The molecule has 4 nitrogen and oxygen atoms in total. The molecule has 0 aliphatic rings. The van der Waals surface area contributed by atoms with Gasteiger partial charge in [0.25, 0.3) is 0 Å². The Morgan fingerprint density at radius 3 is 3.00 bits per heavy atom. The van der Waals surface area contributed by atoms with Crippen molar-refractivity contribution in [3.8, 4) is 6.19 Å². The minimum absolute atomic E-state index is 0.644. The number of aliphatic imine (C=N–C) groups is 1. The van der Waals surface area contributed by atoms with Crippen LogP contribution in [0.5, 0.6) is 0 Å². The Bertz CT molecular complexity index is 353. The van der Waals surface area contributed by atoms with Gasteiger partial charge in [0.15, 0.2) is 5.17 Å². The van der Waals surface area contributed by atoms with Crippen LogP contribution in [0.2, 0.25) is 0 Å². The number of hydrogen-bond acceptors (Lipinski definition) is 4. The number of thioether (sulfide) groups is 1. The molecule has 0 atom stereocenters. The van der Waals surface area contributed by atoms with Gasteiger partial charge in [-0.25, -0.2) is 0 Å². The van der Waals surface area contributed by atoms with Gasteiger partial charge in [-0.1, -0.05) is 11.8 Å². The van der Waals surface area contributed by atoms with Crippen molar-refractivity contribution in [1.29, 1.82) is 5.26 Å². The number of rotatable bonds is 3. The van der Waals surface area contributed by atoms with Crippen LogP contribution in [-0.2, 0) is 6.54 Å². The highest BCUT2D eigenvalue weighted by atomic mass is 32.2. The quantitative estimate of drug-likeness (QED) is 0.448. The van der Waals surface area contributed by atoms with Crippen LogP contribution in [0, 0.1) is 11.5 Å². The molecular formula is C10H13N3OS. The van der Waals surface area contributed by atoms with Gasteiger partial charge in [-0.05, 0) is 25.3 Å². The number of hydrogen-bond donors (Lipinski definition) is 0. The van der Waals surface area contributed by atoms with Gasteiger partial charge in [0.05, 0.1) is 12.8 Å². The lowest BCUT2D eigenvalue weighted by molar-refractivity contribution is 0.381. The molecule has 0 unspecified atom stereocenters. The first-order valence-corrected chi connectivity index (χ1v) is 5.82. The minimum Gasteiger partial charge on any atom is -0.467 e. The van der Waals surface area contributed by atoms with Gasteiger partial charge < -0.3 is 9.32 Å². The van der Waals surface area contributed by atoms with E-state index < -0.39 is 0 Å². The van der Waals surface area contributed by atoms with E-state index in [1.165, 1.54) is 11.8 Å². The molecule has 1 aromatic heterocycles. The van der Waals surface area contributed by atoms with Crippen LogP contribution >= 0.6 is 11.8 Å². The Morgan fingerprint density at radius 1 is 1.73 bits per heavy atom. The lowest BCUT2D eigenvalue weighted by Gasteiger charge is -2.20. The third-order valence-corrected chi connectivity index (χ3v) is 2.62. The second kappa shape index (κ2) is 6.14. The molecule has 1 heterocycles. The number of amidine groups is 1. The van der Waals surface area contributed by atoms with Gasteiger partial charge in [-0.15, -0.1) is 4.99 Å². The molecule has 0 aliphatic heterocycles. The van der Waals surface area contributed by atoms with Crippen LogP contribution in [0.1, 0.15) is 12.7 Å². The SMILES string of the molecule is CCN(Cc1ccco1)C(=NC#N)SC. The fourth-order valence-corrected chi connectivity index (χ4v) is 1.78. The van der Waals surface area contributed by atoms with Gasteiger partial charge in [-0.3, -0.25) is 0 Å². The largest absolute Gasteiger partial charge is 0.467 e. The highest BCUT2D eigenvalue weighted by Gasteiger charge is 2.10. The highest BCUT2D eigenvalue weighted by molar-refractivity contribution is 8.13. The molecule has 0 saturated carbocycles. The third kappa shape index (κ3) is 3.33. The molecule has 0 radical (unpaired) electrons. The van der Waals surface area contributed by atoms with Crippen LogP contribution < -0.4 is 0 Å². The third-order valence-electron chi connectivity index (χ3n) is 1.91. The average Bonchev–Trinajstić information content (AvgIpc) is 2.75. The first-order valence-electron chi connectivity index (χ1n) is 4.60. The van der Waals surface area contributed by atoms with Crippen molar-refractivity contribution >= 4 is 16.9 Å². The Morgan fingerprint density at radius 2 is 2.53 bits per heavy atom. The molecule has 0 N–H and O–H groups in total. The molecule has 1 rings (SSSR count). The summed E-state index contributed by atoms with van der Waals surface area (Å²) in [6.45, 7) is 3.46. The second-order valence-corrected chi connectivity index (χ2v) is 3.57. The minimum atomic E-state index is 0.644. The molecule has 1 aromatic rings. The Balaban J connectivity index is 2.71. The van der Waals surface area contributed by atoms with Crippen LogP contribution in [-0.4, -0.2) is 22.9 Å². The van der Waals surface area contributed by atoms with Crippen molar-refractivity contribution in [2.24, 2.45) is 4.99 Å². The summed E-state index contributed by atoms with van der Waals surface area (Å²) in [7, 11) is 0. The molecule has 80 valence electrons. The molecule has 0 spiro atoms. The lowest BCUT2D eigenvalue weighted by Crippen LogP contribution is -2.27. The van der Waals surface area contributed by atoms with E-state index in [2.05, 4.69) is 4.99 Å². The summed E-state index contributed by atoms with van der Waals surface area (Å²) < 4.78 is 5.25. The normalized spacial score (nSPS) is 11.1. The maximum absolute atomic E-state index is 8.54. The van der Waals surface area contributed by atoms with E-state index in [1.54, 1.807) is 6.26 Å². The predicted octanol–water partition coefficient (Wildman–Crippen LogP) is 2.30. The molecule has 0 amide bonds. The van der Waals surface area contributed by atoms with Crippen LogP contribution in [0.4, 0.5) is 0 Å². The van der Waals surface area contributed by atoms with Gasteiger partial charge in [0.1, 0.15) is 5.76 Å². The summed E-state index contributed by atoms with van der Waals surface area (Å²) in [6, 6.07) is 3.76. The molecule has 15 heavy (non-hydrogen) atoms. The Kier molecular flexibility index (Phi) is 4.78. The number of nitrogens with zero attached hydrogens (tertiary/aromatic N) is 3. The fourth-order valence-electron chi connectivity index (χ4n) is 1.19. The predicted molar refractivity (Wildman–Crippen MR) is 61.4 cm³/mol. The smallest absolute Gasteiger partial charge is 0.208 e. The van der Waals surface area contributed by atoms with Crippen molar-refractivity contribution in [3.63, 3.8) is 0 Å². The van der Waals surface area contributed by atoms with Gasteiger partial charge >= 0.3 is 0 Å². The van der Waals surface area contributed by atoms with Gasteiger partial charge in [0, 0.05) is 6.54 Å². The zero-order valence-corrected chi connectivity index (χ0v) is 9.62. The topological polar surface area (TPSA) is 52.5 Å². The average molecular weight is 223 g/mol. The molecular weight excluding hydrogens is 210 g/mol. The first kappa shape index (κ1) is 11.7. The summed E-state index contributed by atoms with van der Waals surface area (Å²) in [4.78, 5) is 5.76. The summed E-state index contributed by atoms with van der Waals surface area (Å²) in [5, 5.41) is 9.26. The Labute approximate surface area is 93.6 Å². The van der Waals surface area contributed by atoms with Crippen molar-refractivity contribution in [2.75, 3.05) is 12.8 Å². The second-order valence-electron chi connectivity index (χ2n) is 2.79. The highest BCUT2D eigenvalue weighted by Crippen LogP contribution is 2.11. The summed E-state index contributed by atoms with van der Waals surface area (Å²) in [5.74, 6) is 0.872. The molecule has 0 bridgehead atoms. The molecule has 0 aliphatic carbocycles. The first-order chi connectivity index (χ1) is 7.31. The van der Waals surface area contributed by atoms with Crippen molar-refractivity contribution < 1.29 is 4.42 Å². The monoisotopic (exact) mass is 223 g/mol. The van der Waals surface area contributed by atoms with Crippen LogP contribution in [0.15, 0.2) is 27.8 Å². The molecule has 0 aromatic carbocycles. The van der Waals surface area contributed by atoms with Crippen LogP contribution in [0.3, 0.4) is 0 Å². The van der Waals surface area contributed by atoms with E-state index in [9.17, 15) is 0 Å². The van der Waals surface area contributed by atoms with E-state index in [4.69, 9.17) is 9.68 Å². The van der Waals surface area contributed by atoms with E-state index in [1.807, 2.05) is 36.4 Å². The molecule has 0 saturated heterocycles. The standard InChI is InChI=1S/C10H13N3OS/c1-3-13(10(15-2)12-8-11)7-9-5-4-6-14-9/h4-6H,3,7H2,1-2H3. The van der Waals surface area contributed by atoms with Crippen LogP contribution in [0.25, 0.3) is 0 Å². The van der Waals surface area contributed by atoms with Crippen molar-refractivity contribution in [3.05, 3.63) is 24.2 Å². The van der Waals surface area contributed by atoms with Gasteiger partial charge in [0.2, 0.25) is 6.19 Å². The maximum Gasteiger partial charge on any atom is 0.208 e. The zero-order chi connectivity index (χ0) is 11.1. The van der Waals surface area contributed by atoms with E-state index in [-0.39, 0.29) is 0 Å². The van der Waals surface area contributed by atoms with E-state index in [0.29, 0.717) is 6.54 Å². The molecule has 5 heteroatoms.